The number of fused-ring (bicyclic) bond motifs is 1. The number of phenols is 1. The minimum Gasteiger partial charge on any atom is -0.507 e. The predicted molar refractivity (Wildman–Crippen MR) is 107 cm³/mol. The van der Waals surface area contributed by atoms with E-state index in [0.717, 1.165) is 10.2 Å². The zero-order chi connectivity index (χ0) is 18.6. The Hall–Kier alpha value is -3.38. The fourth-order valence-corrected chi connectivity index (χ4v) is 3.63. The zero-order valence-electron chi connectivity index (χ0n) is 14.3. The molecule has 1 aromatic heterocycles. The first-order chi connectivity index (χ1) is 13.2. The minimum atomic E-state index is -0.278. The highest BCUT2D eigenvalue weighted by atomic mass is 32.1. The third kappa shape index (κ3) is 3.91. The van der Waals surface area contributed by atoms with E-state index in [9.17, 15) is 9.90 Å². The van der Waals surface area contributed by atoms with E-state index in [1.165, 1.54) is 11.3 Å². The van der Waals surface area contributed by atoms with E-state index in [0.29, 0.717) is 22.0 Å². The molecule has 0 fully saturated rings. The zero-order valence-corrected chi connectivity index (χ0v) is 15.1. The molecule has 27 heavy (non-hydrogen) atoms. The van der Waals surface area contributed by atoms with Gasteiger partial charge in [0.05, 0.1) is 15.8 Å². The molecule has 0 bridgehead atoms. The van der Waals surface area contributed by atoms with Crippen molar-refractivity contribution in [2.45, 2.75) is 0 Å². The van der Waals surface area contributed by atoms with Crippen LogP contribution in [0.5, 0.6) is 11.5 Å². The van der Waals surface area contributed by atoms with Crippen molar-refractivity contribution >= 4 is 33.1 Å². The van der Waals surface area contributed by atoms with Gasteiger partial charge in [0.15, 0.2) is 6.61 Å². The van der Waals surface area contributed by atoms with E-state index < -0.39 is 0 Å². The maximum atomic E-state index is 12.1. The first-order valence-electron chi connectivity index (χ1n) is 8.36. The second-order valence-corrected chi connectivity index (χ2v) is 6.90. The quantitative estimate of drug-likeness (QED) is 0.496. The third-order valence-electron chi connectivity index (χ3n) is 3.92. The predicted octanol–water partition coefficient (Wildman–Crippen LogP) is 4.69. The van der Waals surface area contributed by atoms with E-state index in [1.54, 1.807) is 30.3 Å². The van der Waals surface area contributed by atoms with Gasteiger partial charge in [-0.3, -0.25) is 4.79 Å². The lowest BCUT2D eigenvalue weighted by atomic mass is 10.2. The summed E-state index contributed by atoms with van der Waals surface area (Å²) in [5.41, 5.74) is 2.03. The van der Waals surface area contributed by atoms with Gasteiger partial charge in [-0.25, -0.2) is 4.98 Å². The molecule has 0 saturated heterocycles. The van der Waals surface area contributed by atoms with Crippen LogP contribution in [0.25, 0.3) is 20.8 Å². The van der Waals surface area contributed by atoms with E-state index in [1.807, 2.05) is 42.5 Å². The number of aromatic hydroxyl groups is 1. The number of rotatable bonds is 5. The molecule has 0 spiro atoms. The largest absolute Gasteiger partial charge is 0.507 e. The fraction of sp³-hybridized carbons (Fsp3) is 0.0476. The first-order valence-corrected chi connectivity index (χ1v) is 9.17. The molecule has 2 N–H and O–H groups in total. The van der Waals surface area contributed by atoms with E-state index in [2.05, 4.69) is 10.3 Å². The molecule has 134 valence electrons. The standard InChI is InChI=1S/C21H16N2O3S/c24-18-11-10-14(22-20(25)13-26-15-6-2-1-3-7-15)12-16(18)21-23-17-8-4-5-9-19(17)27-21/h1-12,24H,13H2,(H,22,25). The molecule has 3 aromatic carbocycles. The highest BCUT2D eigenvalue weighted by molar-refractivity contribution is 7.21. The molecular formula is C21H16N2O3S. The lowest BCUT2D eigenvalue weighted by Gasteiger charge is -2.09. The van der Waals surface area contributed by atoms with Crippen molar-refractivity contribution in [1.29, 1.82) is 0 Å². The van der Waals surface area contributed by atoms with Gasteiger partial charge in [0.25, 0.3) is 5.91 Å². The lowest BCUT2D eigenvalue weighted by Crippen LogP contribution is -2.20. The van der Waals surface area contributed by atoms with E-state index >= 15 is 0 Å². The van der Waals surface area contributed by atoms with Gasteiger partial charge in [-0.1, -0.05) is 30.3 Å². The Morgan fingerprint density at radius 3 is 2.63 bits per heavy atom. The molecule has 4 rings (SSSR count). The summed E-state index contributed by atoms with van der Waals surface area (Å²) >= 11 is 1.49. The van der Waals surface area contributed by atoms with Crippen LogP contribution in [-0.4, -0.2) is 22.6 Å². The number of para-hydroxylation sites is 2. The molecular weight excluding hydrogens is 360 g/mol. The number of nitrogens with zero attached hydrogens (tertiary/aromatic N) is 1. The highest BCUT2D eigenvalue weighted by Gasteiger charge is 2.12. The van der Waals surface area contributed by atoms with Gasteiger partial charge in [-0.05, 0) is 42.5 Å². The van der Waals surface area contributed by atoms with Gasteiger partial charge in [-0.15, -0.1) is 11.3 Å². The van der Waals surface area contributed by atoms with Crippen molar-refractivity contribution in [3.05, 3.63) is 72.8 Å². The van der Waals surface area contributed by atoms with Crippen LogP contribution in [0.2, 0.25) is 0 Å². The van der Waals surface area contributed by atoms with Gasteiger partial charge in [0.1, 0.15) is 16.5 Å². The van der Waals surface area contributed by atoms with Crippen LogP contribution in [0.1, 0.15) is 0 Å². The number of thiazole rings is 1. The summed E-state index contributed by atoms with van der Waals surface area (Å²) in [6.45, 7) is -0.0959. The second kappa shape index (κ2) is 7.47. The van der Waals surface area contributed by atoms with E-state index in [4.69, 9.17) is 4.74 Å². The molecule has 0 saturated carbocycles. The van der Waals surface area contributed by atoms with Crippen LogP contribution in [0, 0.1) is 0 Å². The number of carbonyl (C=O) groups excluding carboxylic acids is 1. The van der Waals surface area contributed by atoms with Gasteiger partial charge < -0.3 is 15.2 Å². The van der Waals surface area contributed by atoms with Crippen LogP contribution in [-0.2, 0) is 4.79 Å². The Labute approximate surface area is 159 Å². The van der Waals surface area contributed by atoms with Crippen LogP contribution >= 0.6 is 11.3 Å². The molecule has 1 heterocycles. The molecule has 0 unspecified atom stereocenters. The molecule has 1 amide bonds. The molecule has 4 aromatic rings. The Morgan fingerprint density at radius 1 is 1.04 bits per heavy atom. The number of amides is 1. The van der Waals surface area contributed by atoms with Crippen molar-refractivity contribution in [2.24, 2.45) is 0 Å². The van der Waals surface area contributed by atoms with Gasteiger partial charge in [-0.2, -0.15) is 0 Å². The lowest BCUT2D eigenvalue weighted by molar-refractivity contribution is -0.118. The number of hydrogen-bond acceptors (Lipinski definition) is 5. The first kappa shape index (κ1) is 17.1. The molecule has 0 aliphatic heterocycles. The molecule has 6 heteroatoms. The number of anilines is 1. The number of nitrogens with one attached hydrogen (secondary N) is 1. The summed E-state index contributed by atoms with van der Waals surface area (Å²) in [6, 6.07) is 21.9. The fourth-order valence-electron chi connectivity index (χ4n) is 2.64. The van der Waals surface area contributed by atoms with Crippen molar-refractivity contribution in [3.63, 3.8) is 0 Å². The SMILES string of the molecule is O=C(COc1ccccc1)Nc1ccc(O)c(-c2nc3ccccc3s2)c1. The van der Waals surface area contributed by atoms with E-state index in [-0.39, 0.29) is 18.3 Å². The second-order valence-electron chi connectivity index (χ2n) is 5.87. The monoisotopic (exact) mass is 376 g/mol. The number of aromatic nitrogens is 1. The molecule has 0 aliphatic rings. The molecule has 5 nitrogen and oxygen atoms in total. The maximum Gasteiger partial charge on any atom is 0.262 e. The summed E-state index contributed by atoms with van der Waals surface area (Å²) in [4.78, 5) is 16.7. The van der Waals surface area contributed by atoms with Crippen LogP contribution in [0.3, 0.4) is 0 Å². The number of hydrogen-bond donors (Lipinski definition) is 2. The van der Waals surface area contributed by atoms with Crippen molar-refractivity contribution < 1.29 is 14.6 Å². The topological polar surface area (TPSA) is 71.5 Å². The van der Waals surface area contributed by atoms with Gasteiger partial charge >= 0.3 is 0 Å². The number of phenolic OH excluding ortho intramolecular Hbond substituents is 1. The summed E-state index contributed by atoms with van der Waals surface area (Å²) in [5.74, 6) is 0.473. The summed E-state index contributed by atoms with van der Waals surface area (Å²) < 4.78 is 6.49. The summed E-state index contributed by atoms with van der Waals surface area (Å²) in [5, 5.41) is 13.7. The average molecular weight is 376 g/mol. The van der Waals surface area contributed by atoms with Crippen LogP contribution < -0.4 is 10.1 Å². The smallest absolute Gasteiger partial charge is 0.262 e. The highest BCUT2D eigenvalue weighted by Crippen LogP contribution is 2.36. The van der Waals surface area contributed by atoms with Crippen LogP contribution in [0.4, 0.5) is 5.69 Å². The van der Waals surface area contributed by atoms with Crippen molar-refractivity contribution in [2.75, 3.05) is 11.9 Å². The normalized spacial score (nSPS) is 10.7. The molecule has 0 radical (unpaired) electrons. The van der Waals surface area contributed by atoms with Crippen molar-refractivity contribution in [3.8, 4) is 22.1 Å². The summed E-state index contributed by atoms with van der Waals surface area (Å²) in [7, 11) is 0. The van der Waals surface area contributed by atoms with Gasteiger partial charge in [0, 0.05) is 5.69 Å². The number of carbonyl (C=O) groups is 1. The minimum absolute atomic E-state index is 0.0959. The maximum absolute atomic E-state index is 12.1. The Bertz CT molecular complexity index is 1060. The summed E-state index contributed by atoms with van der Waals surface area (Å²) in [6.07, 6.45) is 0. The van der Waals surface area contributed by atoms with Crippen molar-refractivity contribution in [1.82, 2.24) is 4.98 Å². The Kier molecular flexibility index (Phi) is 4.72. The Morgan fingerprint density at radius 2 is 1.81 bits per heavy atom. The molecule has 0 aliphatic carbocycles. The molecule has 0 atom stereocenters. The number of ether oxygens (including phenoxy) is 1. The number of benzene rings is 3. The van der Waals surface area contributed by atoms with Gasteiger partial charge in [0.2, 0.25) is 0 Å². The third-order valence-corrected chi connectivity index (χ3v) is 4.99. The Balaban J connectivity index is 1.51. The van der Waals surface area contributed by atoms with Crippen LogP contribution in [0.15, 0.2) is 72.8 Å². The average Bonchev–Trinajstić information content (AvgIpc) is 3.13.